The van der Waals surface area contributed by atoms with E-state index in [4.69, 9.17) is 0 Å². The van der Waals surface area contributed by atoms with E-state index in [1.165, 1.54) is 10.4 Å². The first-order valence-electron chi connectivity index (χ1n) is 9.77. The van der Waals surface area contributed by atoms with Gasteiger partial charge in [0.15, 0.2) is 0 Å². The smallest absolute Gasteiger partial charge is 0.251 e. The van der Waals surface area contributed by atoms with Crippen molar-refractivity contribution in [3.8, 4) is 0 Å². The number of sulfonamides is 1. The number of nitrogens with zero attached hydrogens (tertiary/aromatic N) is 3. The van der Waals surface area contributed by atoms with Crippen LogP contribution in [0.3, 0.4) is 0 Å². The normalized spacial score (nSPS) is 15.5. The van der Waals surface area contributed by atoms with Gasteiger partial charge in [0, 0.05) is 31.0 Å². The zero-order valence-corrected chi connectivity index (χ0v) is 17.2. The number of nitrogens with one attached hydrogen (secondary N) is 1. The molecular formula is C21H24N4O3S. The van der Waals surface area contributed by atoms with E-state index in [-0.39, 0.29) is 17.3 Å². The Balaban J connectivity index is 1.52. The summed E-state index contributed by atoms with van der Waals surface area (Å²) in [5, 5.41) is 2.83. The van der Waals surface area contributed by atoms with Gasteiger partial charge in [0.25, 0.3) is 5.91 Å². The van der Waals surface area contributed by atoms with Crippen LogP contribution in [0.4, 0.5) is 0 Å². The number of hydrogen-bond donors (Lipinski definition) is 1. The summed E-state index contributed by atoms with van der Waals surface area (Å²) in [5.74, 6) is -0.322. The van der Waals surface area contributed by atoms with Gasteiger partial charge in [0.2, 0.25) is 10.0 Å². The first kappa shape index (κ1) is 19.6. The van der Waals surface area contributed by atoms with Crippen molar-refractivity contribution in [2.24, 2.45) is 0 Å². The van der Waals surface area contributed by atoms with E-state index < -0.39 is 10.0 Å². The molecule has 8 heteroatoms. The number of piperidine rings is 1. The van der Waals surface area contributed by atoms with Crippen molar-refractivity contribution in [3.63, 3.8) is 0 Å². The molecule has 1 N–H and O–H groups in total. The summed E-state index contributed by atoms with van der Waals surface area (Å²) in [7, 11) is -3.60. The Kier molecular flexibility index (Phi) is 5.38. The first-order valence-corrected chi connectivity index (χ1v) is 11.2. The number of pyridine rings is 1. The molecule has 0 aliphatic carbocycles. The highest BCUT2D eigenvalue weighted by Gasteiger charge is 2.28. The van der Waals surface area contributed by atoms with Gasteiger partial charge >= 0.3 is 0 Å². The summed E-state index contributed by atoms with van der Waals surface area (Å²) in [6, 6.07) is 10.5. The van der Waals surface area contributed by atoms with Crippen LogP contribution < -0.4 is 5.32 Å². The third kappa shape index (κ3) is 4.04. The van der Waals surface area contributed by atoms with Crippen molar-refractivity contribution < 1.29 is 13.2 Å². The van der Waals surface area contributed by atoms with Crippen molar-refractivity contribution in [1.29, 1.82) is 0 Å². The maximum atomic E-state index is 13.0. The molecule has 1 aromatic carbocycles. The second kappa shape index (κ2) is 7.96. The third-order valence-corrected chi connectivity index (χ3v) is 7.27. The Morgan fingerprint density at radius 3 is 2.69 bits per heavy atom. The monoisotopic (exact) mass is 412 g/mol. The minimum absolute atomic E-state index is 0.208. The summed E-state index contributed by atoms with van der Waals surface area (Å²) in [6.07, 6.45) is 6.55. The summed E-state index contributed by atoms with van der Waals surface area (Å²) in [5.41, 5.74) is 2.52. The Labute approximate surface area is 170 Å². The molecule has 0 atom stereocenters. The number of fused-ring (bicyclic) bond motifs is 1. The molecule has 2 aromatic heterocycles. The summed E-state index contributed by atoms with van der Waals surface area (Å²) in [6.45, 7) is 3.09. The van der Waals surface area contributed by atoms with Gasteiger partial charge in [-0.1, -0.05) is 18.6 Å². The molecule has 0 spiro atoms. The molecule has 3 heterocycles. The average molecular weight is 413 g/mol. The molecule has 0 unspecified atom stereocenters. The van der Waals surface area contributed by atoms with Crippen LogP contribution in [0.1, 0.15) is 40.9 Å². The largest absolute Gasteiger partial charge is 0.346 e. The van der Waals surface area contributed by atoms with E-state index in [1.54, 1.807) is 19.1 Å². The van der Waals surface area contributed by atoms with Crippen LogP contribution in [0.25, 0.3) is 5.65 Å². The lowest BCUT2D eigenvalue weighted by Gasteiger charge is -2.26. The molecule has 4 rings (SSSR count). The highest BCUT2D eigenvalue weighted by Crippen LogP contribution is 2.24. The number of aryl methyl sites for hydroxylation is 1. The van der Waals surface area contributed by atoms with Gasteiger partial charge < -0.3 is 9.72 Å². The fourth-order valence-electron chi connectivity index (χ4n) is 3.61. The molecule has 0 bridgehead atoms. The zero-order valence-electron chi connectivity index (χ0n) is 16.3. The van der Waals surface area contributed by atoms with E-state index in [1.807, 2.05) is 35.0 Å². The molecule has 0 radical (unpaired) electrons. The minimum atomic E-state index is -3.60. The van der Waals surface area contributed by atoms with Crippen molar-refractivity contribution in [3.05, 3.63) is 65.6 Å². The number of hydrogen-bond acceptors (Lipinski definition) is 4. The van der Waals surface area contributed by atoms with E-state index >= 15 is 0 Å². The van der Waals surface area contributed by atoms with Crippen LogP contribution in [0, 0.1) is 6.92 Å². The SMILES string of the molecule is Cc1ccc(C(=O)NCc2cn3ccccc3n2)cc1S(=O)(=O)N1CCCCC1. The first-order chi connectivity index (χ1) is 13.9. The predicted molar refractivity (Wildman–Crippen MR) is 110 cm³/mol. The van der Waals surface area contributed by atoms with Crippen LogP contribution in [0.15, 0.2) is 53.7 Å². The lowest BCUT2D eigenvalue weighted by molar-refractivity contribution is 0.0950. The number of carbonyl (C=O) groups excluding carboxylic acids is 1. The minimum Gasteiger partial charge on any atom is -0.346 e. The van der Waals surface area contributed by atoms with Crippen LogP contribution >= 0.6 is 0 Å². The fourth-order valence-corrected chi connectivity index (χ4v) is 5.38. The van der Waals surface area contributed by atoms with Gasteiger partial charge in [0.1, 0.15) is 5.65 Å². The van der Waals surface area contributed by atoms with E-state index in [2.05, 4.69) is 10.3 Å². The molecular weight excluding hydrogens is 388 g/mol. The second-order valence-electron chi connectivity index (χ2n) is 7.33. The van der Waals surface area contributed by atoms with Crippen molar-refractivity contribution in [2.75, 3.05) is 13.1 Å². The molecule has 1 saturated heterocycles. The zero-order chi connectivity index (χ0) is 20.4. The van der Waals surface area contributed by atoms with Crippen molar-refractivity contribution in [1.82, 2.24) is 19.0 Å². The van der Waals surface area contributed by atoms with E-state index in [0.717, 1.165) is 30.6 Å². The topological polar surface area (TPSA) is 83.8 Å². The van der Waals surface area contributed by atoms with Crippen molar-refractivity contribution >= 4 is 21.6 Å². The number of aromatic nitrogens is 2. The lowest BCUT2D eigenvalue weighted by Crippen LogP contribution is -2.36. The fraction of sp³-hybridized carbons (Fsp3) is 0.333. The van der Waals surface area contributed by atoms with E-state index in [0.29, 0.717) is 24.2 Å². The third-order valence-electron chi connectivity index (χ3n) is 5.23. The van der Waals surface area contributed by atoms with Crippen LogP contribution in [-0.4, -0.2) is 41.1 Å². The molecule has 3 aromatic rings. The molecule has 0 saturated carbocycles. The maximum absolute atomic E-state index is 13.0. The lowest BCUT2D eigenvalue weighted by atomic mass is 10.1. The molecule has 1 fully saturated rings. The highest BCUT2D eigenvalue weighted by molar-refractivity contribution is 7.89. The molecule has 1 amide bonds. The predicted octanol–water partition coefficient (Wildman–Crippen LogP) is 2.75. The van der Waals surface area contributed by atoms with Gasteiger partial charge in [-0.3, -0.25) is 4.79 Å². The maximum Gasteiger partial charge on any atom is 0.251 e. The Morgan fingerprint density at radius 1 is 1.14 bits per heavy atom. The molecule has 152 valence electrons. The molecule has 29 heavy (non-hydrogen) atoms. The summed E-state index contributed by atoms with van der Waals surface area (Å²) >= 11 is 0. The van der Waals surface area contributed by atoms with Crippen LogP contribution in [0.5, 0.6) is 0 Å². The second-order valence-corrected chi connectivity index (χ2v) is 9.23. The average Bonchev–Trinajstić information content (AvgIpc) is 3.16. The van der Waals surface area contributed by atoms with Gasteiger partial charge in [-0.25, -0.2) is 13.4 Å². The van der Waals surface area contributed by atoms with E-state index in [9.17, 15) is 13.2 Å². The van der Waals surface area contributed by atoms with Gasteiger partial charge in [-0.2, -0.15) is 4.31 Å². The number of benzene rings is 1. The standard InChI is InChI=1S/C21H24N4O3S/c1-16-8-9-17(13-19(16)29(27,28)25-11-4-2-5-12-25)21(26)22-14-18-15-24-10-6-3-7-20(24)23-18/h3,6-10,13,15H,2,4-5,11-12,14H2,1H3,(H,22,26). The molecule has 7 nitrogen and oxygen atoms in total. The van der Waals surface area contributed by atoms with Crippen LogP contribution in [-0.2, 0) is 16.6 Å². The van der Waals surface area contributed by atoms with Gasteiger partial charge in [-0.05, 0) is 49.6 Å². The summed E-state index contributed by atoms with van der Waals surface area (Å²) in [4.78, 5) is 17.3. The van der Waals surface area contributed by atoms with Crippen molar-refractivity contribution in [2.45, 2.75) is 37.6 Å². The Bertz CT molecular complexity index is 1110. The Morgan fingerprint density at radius 2 is 1.93 bits per heavy atom. The number of rotatable bonds is 5. The highest BCUT2D eigenvalue weighted by atomic mass is 32.2. The molecule has 1 aliphatic rings. The van der Waals surface area contributed by atoms with Gasteiger partial charge in [-0.15, -0.1) is 0 Å². The number of carbonyl (C=O) groups is 1. The van der Waals surface area contributed by atoms with Crippen LogP contribution in [0.2, 0.25) is 0 Å². The quantitative estimate of drug-likeness (QED) is 0.698. The summed E-state index contributed by atoms with van der Waals surface area (Å²) < 4.78 is 29.5. The Hall–Kier alpha value is -2.71. The number of imidazole rings is 1. The molecule has 1 aliphatic heterocycles. The van der Waals surface area contributed by atoms with Gasteiger partial charge in [0.05, 0.1) is 17.1 Å². The number of amides is 1.